The van der Waals surface area contributed by atoms with E-state index in [1.54, 1.807) is 18.2 Å². The number of nitrogens with zero attached hydrogens (tertiary/aromatic N) is 1. The summed E-state index contributed by atoms with van der Waals surface area (Å²) in [7, 11) is 0. The van der Waals surface area contributed by atoms with Gasteiger partial charge in [0, 0.05) is 6.20 Å². The molecule has 1 N–H and O–H groups in total. The van der Waals surface area contributed by atoms with E-state index in [9.17, 15) is 0 Å². The fourth-order valence-electron chi connectivity index (χ4n) is 0.419. The standard InChI is InChI=1S/C5H5NOS.ClH/c7-6-4-2-1-3-5(6)8;/h1-4,7H;1H. The second-order valence-electron chi connectivity index (χ2n) is 1.38. The van der Waals surface area contributed by atoms with E-state index in [-0.39, 0.29) is 12.4 Å². The monoisotopic (exact) mass is 163 g/mol. The fourth-order valence-corrected chi connectivity index (χ4v) is 0.558. The van der Waals surface area contributed by atoms with Crippen molar-refractivity contribution in [3.63, 3.8) is 0 Å². The first-order chi connectivity index (χ1) is 3.80. The zero-order valence-electron chi connectivity index (χ0n) is 4.52. The van der Waals surface area contributed by atoms with Gasteiger partial charge in [-0.15, -0.1) is 12.4 Å². The third kappa shape index (κ3) is 2.03. The van der Waals surface area contributed by atoms with Crippen molar-refractivity contribution in [2.24, 2.45) is 0 Å². The molecule has 0 saturated carbocycles. The third-order valence-corrected chi connectivity index (χ3v) is 1.13. The number of hydrogen-bond acceptors (Lipinski definition) is 2. The summed E-state index contributed by atoms with van der Waals surface area (Å²) < 4.78 is 1.32. The highest BCUT2D eigenvalue weighted by Crippen LogP contribution is 1.86. The van der Waals surface area contributed by atoms with Crippen molar-refractivity contribution in [2.75, 3.05) is 0 Å². The molecule has 0 amide bonds. The van der Waals surface area contributed by atoms with Gasteiger partial charge in [0.1, 0.15) is 4.64 Å². The molecule has 0 aliphatic rings. The molecule has 1 heterocycles. The van der Waals surface area contributed by atoms with Gasteiger partial charge < -0.3 is 5.21 Å². The van der Waals surface area contributed by atoms with Crippen molar-refractivity contribution in [3.05, 3.63) is 29.0 Å². The van der Waals surface area contributed by atoms with Gasteiger partial charge in [0.25, 0.3) is 0 Å². The molecule has 0 spiro atoms. The predicted octanol–water partition coefficient (Wildman–Crippen LogP) is 1.88. The van der Waals surface area contributed by atoms with Crippen LogP contribution in [0.1, 0.15) is 0 Å². The van der Waals surface area contributed by atoms with E-state index in [0.29, 0.717) is 4.64 Å². The van der Waals surface area contributed by atoms with Crippen LogP contribution >= 0.6 is 24.6 Å². The zero-order valence-corrected chi connectivity index (χ0v) is 6.15. The Morgan fingerprint density at radius 3 is 2.44 bits per heavy atom. The Balaban J connectivity index is 0.000000640. The van der Waals surface area contributed by atoms with Crippen LogP contribution in [0.15, 0.2) is 24.4 Å². The summed E-state index contributed by atoms with van der Waals surface area (Å²) in [5.41, 5.74) is 0. The molecule has 1 aromatic heterocycles. The molecule has 0 fully saturated rings. The second-order valence-corrected chi connectivity index (χ2v) is 1.80. The van der Waals surface area contributed by atoms with Crippen LogP contribution in [0.25, 0.3) is 0 Å². The van der Waals surface area contributed by atoms with E-state index in [0.717, 1.165) is 4.73 Å². The van der Waals surface area contributed by atoms with E-state index >= 15 is 0 Å². The Bertz CT molecular complexity index is 234. The van der Waals surface area contributed by atoms with Crippen molar-refractivity contribution in [1.29, 1.82) is 0 Å². The molecule has 0 aliphatic carbocycles. The van der Waals surface area contributed by atoms with Gasteiger partial charge in [-0.1, -0.05) is 18.3 Å². The van der Waals surface area contributed by atoms with Crippen molar-refractivity contribution < 1.29 is 5.21 Å². The van der Waals surface area contributed by atoms with E-state index in [4.69, 9.17) is 5.21 Å². The zero-order chi connectivity index (χ0) is 5.98. The predicted molar refractivity (Wildman–Crippen MR) is 39.7 cm³/mol. The quantitative estimate of drug-likeness (QED) is 0.467. The van der Waals surface area contributed by atoms with Crippen molar-refractivity contribution in [3.8, 4) is 0 Å². The number of rotatable bonds is 0. The van der Waals surface area contributed by atoms with E-state index in [2.05, 4.69) is 12.2 Å². The Kier molecular flexibility index (Phi) is 3.27. The first-order valence-corrected chi connectivity index (χ1v) is 2.58. The van der Waals surface area contributed by atoms with Gasteiger partial charge in [-0.25, -0.2) is 0 Å². The number of hydrogen-bond donors (Lipinski definition) is 1. The van der Waals surface area contributed by atoms with Gasteiger partial charge in [0.15, 0.2) is 0 Å². The normalized spacial score (nSPS) is 8.00. The van der Waals surface area contributed by atoms with Crippen LogP contribution < -0.4 is 0 Å². The molecule has 0 aliphatic heterocycles. The van der Waals surface area contributed by atoms with Gasteiger partial charge >= 0.3 is 0 Å². The van der Waals surface area contributed by atoms with Gasteiger partial charge in [-0.3, -0.25) is 0 Å². The second kappa shape index (κ2) is 3.48. The molecule has 0 bridgehead atoms. The van der Waals surface area contributed by atoms with Crippen molar-refractivity contribution in [1.82, 2.24) is 4.73 Å². The highest BCUT2D eigenvalue weighted by Gasteiger charge is 1.77. The summed E-state index contributed by atoms with van der Waals surface area (Å²) in [5, 5.41) is 8.73. The highest BCUT2D eigenvalue weighted by molar-refractivity contribution is 7.71. The average Bonchev–Trinajstić information content (AvgIpc) is 1.77. The number of halogens is 1. The van der Waals surface area contributed by atoms with Gasteiger partial charge in [-0.2, -0.15) is 4.73 Å². The lowest BCUT2D eigenvalue weighted by Gasteiger charge is -1.90. The lowest BCUT2D eigenvalue weighted by molar-refractivity contribution is 0.180. The molecular weight excluding hydrogens is 158 g/mol. The largest absolute Gasteiger partial charge is 0.428 e. The van der Waals surface area contributed by atoms with Gasteiger partial charge in [0.05, 0.1) is 0 Å². The summed E-state index contributed by atoms with van der Waals surface area (Å²) >= 11 is 4.67. The van der Waals surface area contributed by atoms with E-state index < -0.39 is 0 Å². The van der Waals surface area contributed by atoms with Gasteiger partial charge in [0.2, 0.25) is 0 Å². The Morgan fingerprint density at radius 2 is 2.11 bits per heavy atom. The summed E-state index contributed by atoms with van der Waals surface area (Å²) in [6, 6.07) is 5.13. The minimum Gasteiger partial charge on any atom is -0.428 e. The van der Waals surface area contributed by atoms with Crippen LogP contribution in [-0.4, -0.2) is 9.94 Å². The minimum absolute atomic E-state index is 0. The third-order valence-electron chi connectivity index (χ3n) is 0.803. The van der Waals surface area contributed by atoms with Crippen LogP contribution in [-0.2, 0) is 0 Å². The molecule has 0 atom stereocenters. The first-order valence-electron chi connectivity index (χ1n) is 2.17. The molecule has 0 radical (unpaired) electrons. The van der Waals surface area contributed by atoms with Crippen LogP contribution in [0.3, 0.4) is 0 Å². The Hall–Kier alpha value is -0.540. The molecular formula is C5H6ClNOS. The highest BCUT2D eigenvalue weighted by atomic mass is 35.5. The summed E-state index contributed by atoms with van der Waals surface area (Å²) in [6.07, 6.45) is 1.49. The number of aromatic nitrogens is 1. The Morgan fingerprint density at radius 1 is 1.44 bits per heavy atom. The molecule has 0 unspecified atom stereocenters. The molecule has 1 aromatic rings. The molecule has 4 heteroatoms. The maximum atomic E-state index is 8.73. The maximum absolute atomic E-state index is 8.73. The van der Waals surface area contributed by atoms with Crippen molar-refractivity contribution >= 4 is 24.6 Å². The average molecular weight is 164 g/mol. The van der Waals surface area contributed by atoms with Crippen molar-refractivity contribution in [2.45, 2.75) is 0 Å². The minimum atomic E-state index is 0. The first kappa shape index (κ1) is 8.46. The maximum Gasteiger partial charge on any atom is 0.142 e. The van der Waals surface area contributed by atoms with Crippen LogP contribution in [0.4, 0.5) is 0 Å². The molecule has 0 saturated heterocycles. The number of pyridine rings is 1. The van der Waals surface area contributed by atoms with Gasteiger partial charge in [-0.05, 0) is 12.1 Å². The van der Waals surface area contributed by atoms with E-state index in [1.165, 1.54) is 6.20 Å². The summed E-state index contributed by atoms with van der Waals surface area (Å²) in [6.45, 7) is 0. The summed E-state index contributed by atoms with van der Waals surface area (Å²) in [4.78, 5) is 0. The molecule has 1 rings (SSSR count). The smallest absolute Gasteiger partial charge is 0.142 e. The van der Waals surface area contributed by atoms with E-state index in [1.807, 2.05) is 0 Å². The van der Waals surface area contributed by atoms with Crippen LogP contribution in [0.2, 0.25) is 0 Å². The van der Waals surface area contributed by atoms with Crippen LogP contribution in [0.5, 0.6) is 0 Å². The lowest BCUT2D eigenvalue weighted by atomic mass is 10.5. The molecule has 50 valence electrons. The van der Waals surface area contributed by atoms with Crippen LogP contribution in [0, 0.1) is 4.64 Å². The molecule has 2 nitrogen and oxygen atoms in total. The SMILES string of the molecule is Cl.On1ccccc1=S. The molecule has 0 aromatic carbocycles. The lowest BCUT2D eigenvalue weighted by Crippen LogP contribution is -1.89. The summed E-state index contributed by atoms with van der Waals surface area (Å²) in [5.74, 6) is 0. The topological polar surface area (TPSA) is 25.2 Å². The Labute approximate surface area is 64.1 Å². The molecule has 9 heavy (non-hydrogen) atoms. The fraction of sp³-hybridized carbons (Fsp3) is 0.